The van der Waals surface area contributed by atoms with E-state index in [4.69, 9.17) is 4.98 Å². The number of piperazine rings is 1. The molecule has 0 aliphatic carbocycles. The topological polar surface area (TPSA) is 41.1 Å². The fourth-order valence-electron chi connectivity index (χ4n) is 2.58. The van der Waals surface area contributed by atoms with Crippen LogP contribution in [0.1, 0.15) is 18.3 Å². The van der Waals surface area contributed by atoms with Crippen molar-refractivity contribution in [2.45, 2.75) is 26.4 Å². The molecule has 0 radical (unpaired) electrons. The third-order valence-corrected chi connectivity index (χ3v) is 3.83. The first kappa shape index (κ1) is 15.2. The zero-order valence-electron chi connectivity index (χ0n) is 12.0. The van der Waals surface area contributed by atoms with E-state index in [9.17, 15) is 0 Å². The van der Waals surface area contributed by atoms with Crippen LogP contribution < -0.4 is 5.32 Å². The van der Waals surface area contributed by atoms with Crippen LogP contribution in [0.15, 0.2) is 24.3 Å². The van der Waals surface area contributed by atoms with E-state index in [-0.39, 0.29) is 12.4 Å². The van der Waals surface area contributed by atoms with E-state index in [1.165, 1.54) is 0 Å². The number of hydrogen-bond donors (Lipinski definition) is 1. The minimum atomic E-state index is 0. The molecule has 20 heavy (non-hydrogen) atoms. The molecule has 1 atom stereocenters. The second kappa shape index (κ2) is 6.48. The second-order valence-corrected chi connectivity index (χ2v) is 5.27. The van der Waals surface area contributed by atoms with Crippen molar-refractivity contribution in [1.29, 1.82) is 0 Å². The van der Waals surface area contributed by atoms with Crippen LogP contribution >= 0.6 is 12.4 Å². The van der Waals surface area contributed by atoms with Crippen LogP contribution in [-0.4, -0.2) is 40.5 Å². The molecule has 1 fully saturated rings. The number of aryl methyl sites for hydroxylation is 1. The number of nitrogens with zero attached hydrogens (tertiary/aromatic N) is 3. The molecular formula is C15H21ClN4. The first-order valence-electron chi connectivity index (χ1n) is 6.91. The molecule has 1 aromatic carbocycles. The molecule has 0 spiro atoms. The Hall–Kier alpha value is -1.23. The van der Waals surface area contributed by atoms with Crippen molar-refractivity contribution in [3.63, 3.8) is 0 Å². The maximum absolute atomic E-state index is 4.78. The highest BCUT2D eigenvalue weighted by atomic mass is 35.5. The van der Waals surface area contributed by atoms with Gasteiger partial charge >= 0.3 is 0 Å². The van der Waals surface area contributed by atoms with E-state index in [2.05, 4.69) is 29.0 Å². The van der Waals surface area contributed by atoms with Gasteiger partial charge in [0.2, 0.25) is 0 Å². The number of halogens is 1. The van der Waals surface area contributed by atoms with Crippen molar-refractivity contribution in [2.75, 3.05) is 19.6 Å². The van der Waals surface area contributed by atoms with E-state index in [1.807, 2.05) is 24.3 Å². The van der Waals surface area contributed by atoms with Gasteiger partial charge in [-0.05, 0) is 26.0 Å². The SMILES string of the molecule is Cc1nc2ccccc2nc1CN1CCNC[C@@H]1C.Cl. The molecule has 0 bridgehead atoms. The van der Waals surface area contributed by atoms with Gasteiger partial charge in [-0.25, -0.2) is 9.97 Å². The minimum Gasteiger partial charge on any atom is -0.314 e. The number of hydrogen-bond acceptors (Lipinski definition) is 4. The van der Waals surface area contributed by atoms with Gasteiger partial charge in [-0.2, -0.15) is 0 Å². The Kier molecular flexibility index (Phi) is 4.91. The predicted molar refractivity (Wildman–Crippen MR) is 84.3 cm³/mol. The van der Waals surface area contributed by atoms with Crippen LogP contribution in [0.4, 0.5) is 0 Å². The van der Waals surface area contributed by atoms with E-state index in [1.54, 1.807) is 0 Å². The molecule has 1 aliphatic rings. The molecule has 1 N–H and O–H groups in total. The van der Waals surface area contributed by atoms with Gasteiger partial charge < -0.3 is 5.32 Å². The van der Waals surface area contributed by atoms with Crippen LogP contribution in [-0.2, 0) is 6.54 Å². The zero-order chi connectivity index (χ0) is 13.2. The summed E-state index contributed by atoms with van der Waals surface area (Å²) in [7, 11) is 0. The normalized spacial score (nSPS) is 19.8. The Morgan fingerprint density at radius 1 is 1.25 bits per heavy atom. The van der Waals surface area contributed by atoms with Crippen LogP contribution in [0.5, 0.6) is 0 Å². The molecule has 1 saturated heterocycles. The van der Waals surface area contributed by atoms with Crippen LogP contribution in [0.25, 0.3) is 11.0 Å². The summed E-state index contributed by atoms with van der Waals surface area (Å²) < 4.78 is 0. The van der Waals surface area contributed by atoms with Gasteiger partial charge in [-0.3, -0.25) is 4.90 Å². The lowest BCUT2D eigenvalue weighted by atomic mass is 10.2. The lowest BCUT2D eigenvalue weighted by Gasteiger charge is -2.33. The average Bonchev–Trinajstić information content (AvgIpc) is 2.42. The molecule has 3 rings (SSSR count). The molecule has 1 aliphatic heterocycles. The fraction of sp³-hybridized carbons (Fsp3) is 0.467. The van der Waals surface area contributed by atoms with Gasteiger partial charge in [-0.15, -0.1) is 12.4 Å². The number of aromatic nitrogens is 2. The molecule has 0 unspecified atom stereocenters. The van der Waals surface area contributed by atoms with Crippen molar-refractivity contribution in [3.8, 4) is 0 Å². The highest BCUT2D eigenvalue weighted by molar-refractivity contribution is 5.85. The Morgan fingerprint density at radius 2 is 1.95 bits per heavy atom. The van der Waals surface area contributed by atoms with Gasteiger partial charge in [0.15, 0.2) is 0 Å². The quantitative estimate of drug-likeness (QED) is 0.921. The maximum Gasteiger partial charge on any atom is 0.0890 e. The third-order valence-electron chi connectivity index (χ3n) is 3.83. The van der Waals surface area contributed by atoms with Crippen LogP contribution in [0.3, 0.4) is 0 Å². The van der Waals surface area contributed by atoms with Crippen molar-refractivity contribution >= 4 is 23.4 Å². The molecule has 5 heteroatoms. The third kappa shape index (κ3) is 3.08. The Morgan fingerprint density at radius 3 is 2.65 bits per heavy atom. The van der Waals surface area contributed by atoms with Gasteiger partial charge in [-0.1, -0.05) is 12.1 Å². The zero-order valence-corrected chi connectivity index (χ0v) is 12.8. The van der Waals surface area contributed by atoms with Crippen molar-refractivity contribution in [3.05, 3.63) is 35.7 Å². The van der Waals surface area contributed by atoms with E-state index >= 15 is 0 Å². The summed E-state index contributed by atoms with van der Waals surface area (Å²) in [6.45, 7) is 8.41. The summed E-state index contributed by atoms with van der Waals surface area (Å²) >= 11 is 0. The summed E-state index contributed by atoms with van der Waals surface area (Å²) in [5.74, 6) is 0. The summed E-state index contributed by atoms with van der Waals surface area (Å²) in [6.07, 6.45) is 0. The van der Waals surface area contributed by atoms with Crippen molar-refractivity contribution in [2.24, 2.45) is 0 Å². The van der Waals surface area contributed by atoms with Gasteiger partial charge in [0.25, 0.3) is 0 Å². The smallest absolute Gasteiger partial charge is 0.0890 e. The monoisotopic (exact) mass is 292 g/mol. The lowest BCUT2D eigenvalue weighted by molar-refractivity contribution is 0.163. The first-order valence-corrected chi connectivity index (χ1v) is 6.91. The van der Waals surface area contributed by atoms with E-state index in [0.29, 0.717) is 6.04 Å². The Bertz CT molecular complexity index is 587. The van der Waals surface area contributed by atoms with Crippen molar-refractivity contribution < 1.29 is 0 Å². The molecule has 1 aromatic heterocycles. The fourth-order valence-corrected chi connectivity index (χ4v) is 2.58. The van der Waals surface area contributed by atoms with Crippen molar-refractivity contribution in [1.82, 2.24) is 20.2 Å². The molecule has 2 heterocycles. The first-order chi connectivity index (χ1) is 9.24. The summed E-state index contributed by atoms with van der Waals surface area (Å²) in [5, 5.41) is 3.42. The number of rotatable bonds is 2. The highest BCUT2D eigenvalue weighted by Crippen LogP contribution is 2.15. The maximum atomic E-state index is 4.78. The number of nitrogens with one attached hydrogen (secondary N) is 1. The average molecular weight is 293 g/mol. The number of benzene rings is 1. The summed E-state index contributed by atoms with van der Waals surface area (Å²) in [6, 6.07) is 8.64. The van der Waals surface area contributed by atoms with Crippen LogP contribution in [0, 0.1) is 6.92 Å². The molecule has 108 valence electrons. The lowest BCUT2D eigenvalue weighted by Crippen LogP contribution is -2.49. The highest BCUT2D eigenvalue weighted by Gasteiger charge is 2.19. The Labute approximate surface area is 126 Å². The molecule has 4 nitrogen and oxygen atoms in total. The molecule has 0 saturated carbocycles. The largest absolute Gasteiger partial charge is 0.314 e. The summed E-state index contributed by atoms with van der Waals surface area (Å²) in [5.41, 5.74) is 4.12. The molecule has 2 aromatic rings. The van der Waals surface area contributed by atoms with E-state index in [0.717, 1.165) is 48.6 Å². The van der Waals surface area contributed by atoms with Gasteiger partial charge in [0.05, 0.1) is 22.4 Å². The number of fused-ring (bicyclic) bond motifs is 1. The number of para-hydroxylation sites is 2. The summed E-state index contributed by atoms with van der Waals surface area (Å²) in [4.78, 5) is 11.9. The second-order valence-electron chi connectivity index (χ2n) is 5.27. The molecule has 0 amide bonds. The van der Waals surface area contributed by atoms with E-state index < -0.39 is 0 Å². The standard InChI is InChI=1S/C15H20N4.ClH/c1-11-9-16-7-8-19(11)10-15-12(2)17-13-5-3-4-6-14(13)18-15;/h3-6,11,16H,7-10H2,1-2H3;1H/t11-;/m0./s1. The van der Waals surface area contributed by atoms with Crippen LogP contribution in [0.2, 0.25) is 0 Å². The predicted octanol–water partition coefficient (Wildman–Crippen LogP) is 2.15. The Balaban J connectivity index is 0.00000147. The van der Waals surface area contributed by atoms with Gasteiger partial charge in [0, 0.05) is 32.2 Å². The minimum absolute atomic E-state index is 0. The molecular weight excluding hydrogens is 272 g/mol. The van der Waals surface area contributed by atoms with Gasteiger partial charge in [0.1, 0.15) is 0 Å².